The van der Waals surface area contributed by atoms with Crippen LogP contribution in [0.3, 0.4) is 0 Å². The second kappa shape index (κ2) is 8.08. The number of nitrogens with zero attached hydrogens (tertiary/aromatic N) is 2. The molecule has 0 saturated carbocycles. The van der Waals surface area contributed by atoms with Gasteiger partial charge in [0, 0.05) is 38.3 Å². The van der Waals surface area contributed by atoms with Gasteiger partial charge in [0.25, 0.3) is 0 Å². The van der Waals surface area contributed by atoms with Crippen LogP contribution in [0.15, 0.2) is 146 Å². The van der Waals surface area contributed by atoms with Gasteiger partial charge in [-0.25, -0.2) is 0 Å². The molecule has 2 nitrogen and oxygen atoms in total. The van der Waals surface area contributed by atoms with Crippen molar-refractivity contribution in [3.63, 3.8) is 0 Å². The fourth-order valence-electron chi connectivity index (χ4n) is 6.82. The molecule has 186 valence electrons. The van der Waals surface area contributed by atoms with Gasteiger partial charge in [-0.05, 0) is 52.6 Å². The molecule has 2 heteroatoms. The van der Waals surface area contributed by atoms with Crippen LogP contribution in [0, 0.1) is 0 Å². The van der Waals surface area contributed by atoms with Gasteiger partial charge < -0.3 is 9.13 Å². The van der Waals surface area contributed by atoms with Gasteiger partial charge in [0.05, 0.1) is 22.1 Å². The minimum Gasteiger partial charge on any atom is -0.309 e. The van der Waals surface area contributed by atoms with Crippen molar-refractivity contribution >= 4 is 65.2 Å². The van der Waals surface area contributed by atoms with Gasteiger partial charge in [-0.1, -0.05) is 109 Å². The van der Waals surface area contributed by atoms with Crippen molar-refractivity contribution in [2.75, 3.05) is 0 Å². The fourth-order valence-corrected chi connectivity index (χ4v) is 6.82. The van der Waals surface area contributed by atoms with Crippen LogP contribution in [-0.2, 0) is 0 Å². The third-order valence-corrected chi connectivity index (χ3v) is 8.44. The first kappa shape index (κ1) is 21.6. The summed E-state index contributed by atoms with van der Waals surface area (Å²) in [6.45, 7) is 0. The Morgan fingerprint density at radius 2 is 0.875 bits per heavy atom. The molecule has 0 saturated heterocycles. The molecule has 0 atom stereocenters. The van der Waals surface area contributed by atoms with Crippen LogP contribution in [0.4, 0.5) is 0 Å². The summed E-state index contributed by atoms with van der Waals surface area (Å²) in [5, 5.41) is 10.2. The molecule has 0 spiro atoms. The molecule has 0 aliphatic rings. The molecule has 0 fully saturated rings. The van der Waals surface area contributed by atoms with E-state index >= 15 is 0 Å². The van der Waals surface area contributed by atoms with Crippen LogP contribution in [0.1, 0.15) is 0 Å². The lowest BCUT2D eigenvalue weighted by Gasteiger charge is -2.13. The average molecular weight is 509 g/mol. The van der Waals surface area contributed by atoms with Gasteiger partial charge in [0.1, 0.15) is 0 Å². The van der Waals surface area contributed by atoms with Crippen LogP contribution >= 0.6 is 0 Å². The minimum atomic E-state index is 1.17. The van der Waals surface area contributed by atoms with Crippen molar-refractivity contribution in [1.82, 2.24) is 9.13 Å². The fraction of sp³-hybridized carbons (Fsp3) is 0. The molecule has 9 rings (SSSR count). The third kappa shape index (κ3) is 2.82. The van der Waals surface area contributed by atoms with E-state index in [2.05, 4.69) is 155 Å². The summed E-state index contributed by atoms with van der Waals surface area (Å²) >= 11 is 0. The van der Waals surface area contributed by atoms with E-state index in [1.165, 1.54) is 76.5 Å². The Kier molecular flexibility index (Phi) is 4.36. The molecular weight excluding hydrogens is 484 g/mol. The third-order valence-electron chi connectivity index (χ3n) is 8.44. The highest BCUT2D eigenvalue weighted by atomic mass is 15.0. The molecule has 0 radical (unpaired) electrons. The molecule has 2 aromatic heterocycles. The van der Waals surface area contributed by atoms with E-state index < -0.39 is 0 Å². The van der Waals surface area contributed by atoms with Crippen LogP contribution in [0.25, 0.3) is 76.5 Å². The molecule has 7 aromatic carbocycles. The molecular formula is C38H24N2. The zero-order valence-electron chi connectivity index (χ0n) is 21.8. The van der Waals surface area contributed by atoms with Gasteiger partial charge in [-0.2, -0.15) is 0 Å². The molecule has 0 aliphatic heterocycles. The summed E-state index contributed by atoms with van der Waals surface area (Å²) in [5.41, 5.74) is 7.31. The summed E-state index contributed by atoms with van der Waals surface area (Å²) in [6, 6.07) is 52.9. The summed E-state index contributed by atoms with van der Waals surface area (Å²) in [6.07, 6.45) is 0. The predicted molar refractivity (Wildman–Crippen MR) is 170 cm³/mol. The number of rotatable bonds is 2. The normalized spacial score (nSPS) is 12.0. The molecule has 0 unspecified atom stereocenters. The summed E-state index contributed by atoms with van der Waals surface area (Å²) in [7, 11) is 0. The Morgan fingerprint density at radius 1 is 0.325 bits per heavy atom. The number of aromatic nitrogens is 2. The van der Waals surface area contributed by atoms with Crippen LogP contribution in [0.5, 0.6) is 0 Å². The van der Waals surface area contributed by atoms with Gasteiger partial charge >= 0.3 is 0 Å². The maximum Gasteiger partial charge on any atom is 0.0647 e. The SMILES string of the molecule is c1ccc(-n2c3ccccc3c3c4ccccc4c4c(c5ccccc5n4-c4ccc5ccccc5c4)c32)cc1. The Labute approximate surface area is 230 Å². The summed E-state index contributed by atoms with van der Waals surface area (Å²) < 4.78 is 4.95. The zero-order valence-corrected chi connectivity index (χ0v) is 21.8. The van der Waals surface area contributed by atoms with E-state index in [9.17, 15) is 0 Å². The predicted octanol–water partition coefficient (Wildman–Crippen LogP) is 10.2. The average Bonchev–Trinajstić information content (AvgIpc) is 3.55. The highest BCUT2D eigenvalue weighted by molar-refractivity contribution is 6.36. The standard InChI is InChI=1S/C38H24N2/c1-2-14-27(15-3-1)39-33-20-10-8-18-31(33)35-29-16-6-7-17-30(29)37-36(38(35)39)32-19-9-11-21-34(32)40(37)28-23-22-25-12-4-5-13-26(25)24-28/h1-24H. The smallest absolute Gasteiger partial charge is 0.0647 e. The van der Waals surface area contributed by atoms with Gasteiger partial charge in [0.2, 0.25) is 0 Å². The Morgan fingerprint density at radius 3 is 1.62 bits per heavy atom. The van der Waals surface area contributed by atoms with Gasteiger partial charge in [0.15, 0.2) is 0 Å². The Hall–Kier alpha value is -5.34. The van der Waals surface area contributed by atoms with Crippen LogP contribution in [-0.4, -0.2) is 9.13 Å². The quantitative estimate of drug-likeness (QED) is 0.220. The highest BCUT2D eigenvalue weighted by Crippen LogP contribution is 2.46. The van der Waals surface area contributed by atoms with Crippen LogP contribution in [0.2, 0.25) is 0 Å². The monoisotopic (exact) mass is 508 g/mol. The van der Waals surface area contributed by atoms with E-state index in [1.807, 2.05) is 0 Å². The topological polar surface area (TPSA) is 9.86 Å². The molecule has 0 bridgehead atoms. The molecule has 0 N–H and O–H groups in total. The zero-order chi connectivity index (χ0) is 26.2. The first-order valence-electron chi connectivity index (χ1n) is 13.8. The van der Waals surface area contributed by atoms with Crippen molar-refractivity contribution in [2.24, 2.45) is 0 Å². The van der Waals surface area contributed by atoms with E-state index in [-0.39, 0.29) is 0 Å². The van der Waals surface area contributed by atoms with Crippen molar-refractivity contribution in [1.29, 1.82) is 0 Å². The van der Waals surface area contributed by atoms with E-state index in [4.69, 9.17) is 0 Å². The first-order chi connectivity index (χ1) is 19.9. The second-order valence-corrected chi connectivity index (χ2v) is 10.6. The van der Waals surface area contributed by atoms with Crippen molar-refractivity contribution in [3.05, 3.63) is 146 Å². The maximum atomic E-state index is 2.48. The second-order valence-electron chi connectivity index (χ2n) is 10.6. The lowest BCUT2D eigenvalue weighted by Crippen LogP contribution is -1.96. The van der Waals surface area contributed by atoms with Gasteiger partial charge in [-0.15, -0.1) is 0 Å². The van der Waals surface area contributed by atoms with Crippen molar-refractivity contribution in [3.8, 4) is 11.4 Å². The summed E-state index contributed by atoms with van der Waals surface area (Å²) in [4.78, 5) is 0. The largest absolute Gasteiger partial charge is 0.309 e. The molecule has 0 aliphatic carbocycles. The number of benzene rings is 7. The highest BCUT2D eigenvalue weighted by Gasteiger charge is 2.24. The van der Waals surface area contributed by atoms with Gasteiger partial charge in [-0.3, -0.25) is 0 Å². The molecule has 0 amide bonds. The minimum absolute atomic E-state index is 1.17. The number of hydrogen-bond donors (Lipinski definition) is 0. The lowest BCUT2D eigenvalue weighted by atomic mass is 9.99. The van der Waals surface area contributed by atoms with E-state index in [0.717, 1.165) is 0 Å². The number of para-hydroxylation sites is 3. The van der Waals surface area contributed by atoms with Crippen LogP contribution < -0.4 is 0 Å². The Bertz CT molecular complexity index is 2420. The number of fused-ring (bicyclic) bond motifs is 11. The molecule has 2 heterocycles. The summed E-state index contributed by atoms with van der Waals surface area (Å²) in [5.74, 6) is 0. The maximum absolute atomic E-state index is 2.48. The molecule has 9 aromatic rings. The van der Waals surface area contributed by atoms with E-state index in [1.54, 1.807) is 0 Å². The molecule has 40 heavy (non-hydrogen) atoms. The lowest BCUT2D eigenvalue weighted by molar-refractivity contribution is 1.18. The van der Waals surface area contributed by atoms with Crippen molar-refractivity contribution in [2.45, 2.75) is 0 Å². The Balaban J connectivity index is 1.60. The van der Waals surface area contributed by atoms with E-state index in [0.29, 0.717) is 0 Å². The first-order valence-corrected chi connectivity index (χ1v) is 13.8. The number of hydrogen-bond acceptors (Lipinski definition) is 0. The van der Waals surface area contributed by atoms with Crippen molar-refractivity contribution < 1.29 is 0 Å².